The Morgan fingerprint density at radius 1 is 1.38 bits per heavy atom. The van der Waals surface area contributed by atoms with Crippen LogP contribution in [0.3, 0.4) is 0 Å². The number of amides is 2. The van der Waals surface area contributed by atoms with Gasteiger partial charge in [-0.25, -0.2) is 22.3 Å². The summed E-state index contributed by atoms with van der Waals surface area (Å²) >= 11 is 0. The van der Waals surface area contributed by atoms with Crippen LogP contribution >= 0.6 is 0 Å². The van der Waals surface area contributed by atoms with E-state index in [1.165, 1.54) is 4.90 Å². The molecular weight excluding hydrogens is 403 g/mol. The van der Waals surface area contributed by atoms with Gasteiger partial charge in [-0.3, -0.25) is 0 Å². The van der Waals surface area contributed by atoms with Crippen LogP contribution in [0.25, 0.3) is 0 Å². The molecule has 1 saturated carbocycles. The van der Waals surface area contributed by atoms with E-state index in [4.69, 9.17) is 4.42 Å². The number of nitrogens with one attached hydrogen (secondary N) is 2. The van der Waals surface area contributed by atoms with E-state index in [0.29, 0.717) is 19.0 Å². The normalized spacial score (nSPS) is 27.4. The molecule has 2 unspecified atom stereocenters. The summed E-state index contributed by atoms with van der Waals surface area (Å²) in [4.78, 5) is 15.9. The van der Waals surface area contributed by atoms with Crippen molar-refractivity contribution in [2.75, 3.05) is 37.8 Å². The zero-order valence-electron chi connectivity index (χ0n) is 17.0. The van der Waals surface area contributed by atoms with E-state index in [1.807, 2.05) is 0 Å². The molecule has 1 saturated heterocycles. The van der Waals surface area contributed by atoms with E-state index in [2.05, 4.69) is 20.2 Å². The van der Waals surface area contributed by atoms with Crippen LogP contribution in [0, 0.1) is 12.8 Å². The molecule has 10 nitrogen and oxygen atoms in total. The van der Waals surface area contributed by atoms with Crippen LogP contribution in [0.15, 0.2) is 4.42 Å². The lowest BCUT2D eigenvalue weighted by Crippen LogP contribution is -2.49. The highest BCUT2D eigenvalue weighted by Crippen LogP contribution is 2.28. The summed E-state index contributed by atoms with van der Waals surface area (Å²) in [6.45, 7) is 2.45. The Labute approximate surface area is 170 Å². The molecule has 2 N–H and O–H groups in total. The molecule has 0 aromatic carbocycles. The van der Waals surface area contributed by atoms with Crippen LogP contribution in [0.2, 0.25) is 0 Å². The molecule has 0 bridgehead atoms. The number of halogens is 1. The van der Waals surface area contributed by atoms with Crippen molar-refractivity contribution < 1.29 is 22.0 Å². The van der Waals surface area contributed by atoms with Crippen molar-refractivity contribution in [3.05, 3.63) is 5.89 Å². The van der Waals surface area contributed by atoms with Gasteiger partial charge in [0.05, 0.1) is 18.8 Å². The molecular formula is C17H29FN6O4S. The second-order valence-corrected chi connectivity index (χ2v) is 9.82. The predicted octanol–water partition coefficient (Wildman–Crippen LogP) is 0.654. The molecule has 29 heavy (non-hydrogen) atoms. The van der Waals surface area contributed by atoms with Crippen molar-refractivity contribution in [2.45, 2.75) is 50.9 Å². The lowest BCUT2D eigenvalue weighted by molar-refractivity contribution is 0.197. The van der Waals surface area contributed by atoms with Crippen LogP contribution in [-0.4, -0.2) is 80.7 Å². The Kier molecular flexibility index (Phi) is 6.62. The minimum Gasteiger partial charge on any atom is -0.408 e. The van der Waals surface area contributed by atoms with Crippen LogP contribution in [-0.2, 0) is 10.0 Å². The SMILES string of the molecule is Cc1nnc(N2C[C@@H](F)C[C@H]2CN(C)C(=O)NC2CCCC2CNS(C)(=O)=O)o1. The van der Waals surface area contributed by atoms with Crippen LogP contribution in [0.5, 0.6) is 0 Å². The van der Waals surface area contributed by atoms with Crippen LogP contribution in [0.4, 0.5) is 15.2 Å². The fourth-order valence-electron chi connectivity index (χ4n) is 4.07. The number of rotatable bonds is 7. The molecule has 1 aromatic rings. The maximum Gasteiger partial charge on any atom is 0.318 e. The average molecular weight is 433 g/mol. The fraction of sp³-hybridized carbons (Fsp3) is 0.824. The Morgan fingerprint density at radius 2 is 2.14 bits per heavy atom. The Morgan fingerprint density at radius 3 is 2.79 bits per heavy atom. The van der Waals surface area contributed by atoms with Crippen LogP contribution in [0.1, 0.15) is 31.6 Å². The van der Waals surface area contributed by atoms with E-state index < -0.39 is 16.2 Å². The van der Waals surface area contributed by atoms with Gasteiger partial charge in [-0.05, 0) is 18.8 Å². The van der Waals surface area contributed by atoms with Crippen molar-refractivity contribution in [3.63, 3.8) is 0 Å². The van der Waals surface area contributed by atoms with E-state index in [0.717, 1.165) is 25.5 Å². The van der Waals surface area contributed by atoms with Crippen LogP contribution < -0.4 is 14.9 Å². The zero-order valence-corrected chi connectivity index (χ0v) is 17.8. The first-order valence-corrected chi connectivity index (χ1v) is 11.7. The van der Waals surface area contributed by atoms with Gasteiger partial charge in [0.1, 0.15) is 6.17 Å². The number of aryl methyl sites for hydroxylation is 1. The third-order valence-corrected chi connectivity index (χ3v) is 6.22. The summed E-state index contributed by atoms with van der Waals surface area (Å²) < 4.78 is 44.6. The fourth-order valence-corrected chi connectivity index (χ4v) is 4.58. The minimum atomic E-state index is -3.27. The number of likely N-dealkylation sites (N-methyl/N-ethyl adjacent to an activating group) is 1. The molecule has 164 valence electrons. The lowest BCUT2D eigenvalue weighted by atomic mass is 10.0. The van der Waals surface area contributed by atoms with E-state index in [1.54, 1.807) is 18.9 Å². The third-order valence-electron chi connectivity index (χ3n) is 5.53. The smallest absolute Gasteiger partial charge is 0.318 e. The highest BCUT2D eigenvalue weighted by Gasteiger charge is 2.37. The van der Waals surface area contributed by atoms with Crippen molar-refractivity contribution in [2.24, 2.45) is 5.92 Å². The first-order valence-electron chi connectivity index (χ1n) is 9.79. The number of hydrogen-bond donors (Lipinski definition) is 2. The number of carbonyl (C=O) groups excluding carboxylic acids is 1. The Hall–Kier alpha value is -1.95. The highest BCUT2D eigenvalue weighted by atomic mass is 32.2. The minimum absolute atomic E-state index is 0.0571. The maximum absolute atomic E-state index is 14.0. The summed E-state index contributed by atoms with van der Waals surface area (Å²) in [5.74, 6) is 0.462. The highest BCUT2D eigenvalue weighted by molar-refractivity contribution is 7.88. The number of hydrogen-bond acceptors (Lipinski definition) is 7. The van der Waals surface area contributed by atoms with Gasteiger partial charge < -0.3 is 19.5 Å². The standard InChI is InChI=1S/C17H29FN6O4S/c1-11-21-22-17(28-11)24-9-13(18)7-14(24)10-23(2)16(25)20-15-6-4-5-12(15)8-19-29(3,26)27/h12-15,19H,4-10H2,1-3H3,(H,20,25)/t12?,13-,14-,15?/m0/s1. The molecule has 2 aliphatic rings. The molecule has 1 aliphatic heterocycles. The average Bonchev–Trinajstić information content (AvgIpc) is 3.33. The van der Waals surface area contributed by atoms with Gasteiger partial charge in [0.15, 0.2) is 0 Å². The molecule has 4 atom stereocenters. The number of nitrogens with zero attached hydrogens (tertiary/aromatic N) is 4. The van der Waals surface area contributed by atoms with Crippen molar-refractivity contribution >= 4 is 22.1 Å². The van der Waals surface area contributed by atoms with Gasteiger partial charge >= 0.3 is 12.0 Å². The number of carbonyl (C=O) groups is 1. The summed E-state index contributed by atoms with van der Waals surface area (Å²) in [6, 6.07) is -0.340. The second kappa shape index (κ2) is 8.82. The van der Waals surface area contributed by atoms with Gasteiger partial charge in [0, 0.05) is 39.5 Å². The first-order chi connectivity index (χ1) is 13.6. The topological polar surface area (TPSA) is 121 Å². The number of sulfonamides is 1. The molecule has 3 rings (SSSR count). The summed E-state index contributed by atoms with van der Waals surface area (Å²) in [6.07, 6.45) is 2.97. The largest absolute Gasteiger partial charge is 0.408 e. The number of aromatic nitrogens is 2. The number of anilines is 1. The predicted molar refractivity (Wildman–Crippen MR) is 105 cm³/mol. The van der Waals surface area contributed by atoms with Gasteiger partial charge in [-0.2, -0.15) is 0 Å². The van der Waals surface area contributed by atoms with Crippen molar-refractivity contribution in [1.82, 2.24) is 25.1 Å². The van der Waals surface area contributed by atoms with Crippen molar-refractivity contribution in [1.29, 1.82) is 0 Å². The molecule has 0 spiro atoms. The number of alkyl halides is 1. The lowest BCUT2D eigenvalue weighted by Gasteiger charge is -2.29. The van der Waals surface area contributed by atoms with Gasteiger partial charge in [0.2, 0.25) is 15.9 Å². The summed E-state index contributed by atoms with van der Waals surface area (Å²) in [5, 5.41) is 10.8. The zero-order chi connectivity index (χ0) is 21.2. The third kappa shape index (κ3) is 5.78. The Bertz CT molecular complexity index is 819. The molecule has 12 heteroatoms. The molecule has 1 aromatic heterocycles. The maximum atomic E-state index is 14.0. The van der Waals surface area contributed by atoms with Gasteiger partial charge in [0.25, 0.3) is 0 Å². The molecule has 0 radical (unpaired) electrons. The van der Waals surface area contributed by atoms with E-state index >= 15 is 0 Å². The van der Waals surface area contributed by atoms with Gasteiger partial charge in [-0.1, -0.05) is 11.5 Å². The first kappa shape index (κ1) is 21.8. The Balaban J connectivity index is 1.55. The summed E-state index contributed by atoms with van der Waals surface area (Å²) in [7, 11) is -1.60. The molecule has 2 heterocycles. The molecule has 1 aliphatic carbocycles. The number of urea groups is 1. The quantitative estimate of drug-likeness (QED) is 0.649. The van der Waals surface area contributed by atoms with Crippen molar-refractivity contribution in [3.8, 4) is 0 Å². The monoisotopic (exact) mass is 432 g/mol. The summed E-state index contributed by atoms with van der Waals surface area (Å²) in [5.41, 5.74) is 0. The molecule has 2 amide bonds. The second-order valence-electron chi connectivity index (χ2n) is 7.99. The molecule has 2 fully saturated rings. The van der Waals surface area contributed by atoms with E-state index in [-0.39, 0.29) is 43.0 Å². The van der Waals surface area contributed by atoms with Gasteiger partial charge in [-0.15, -0.1) is 5.10 Å². The van der Waals surface area contributed by atoms with E-state index in [9.17, 15) is 17.6 Å².